The Hall–Kier alpha value is -0.890. The highest BCUT2D eigenvalue weighted by atomic mass is 32.2. The van der Waals surface area contributed by atoms with Gasteiger partial charge < -0.3 is 9.47 Å². The maximum absolute atomic E-state index is 12.7. The Kier molecular flexibility index (Phi) is 3.98. The van der Waals surface area contributed by atoms with Crippen LogP contribution in [0.1, 0.15) is 23.3 Å². The summed E-state index contributed by atoms with van der Waals surface area (Å²) in [4.78, 5) is 19.7. The number of hydrogen-bond donors (Lipinski definition) is 0. The number of aromatic nitrogens is 2. The van der Waals surface area contributed by atoms with Crippen LogP contribution < -0.4 is 5.56 Å². The van der Waals surface area contributed by atoms with Crippen LogP contribution in [0.25, 0.3) is 10.2 Å². The van der Waals surface area contributed by atoms with Crippen molar-refractivity contribution in [2.75, 3.05) is 19.2 Å². The molecule has 1 fully saturated rings. The molecule has 0 N–H and O–H groups in total. The van der Waals surface area contributed by atoms with Gasteiger partial charge in [0.15, 0.2) is 5.16 Å². The molecular formula is C15H18N2O3S2. The van der Waals surface area contributed by atoms with E-state index < -0.39 is 0 Å². The quantitative estimate of drug-likeness (QED) is 0.635. The topological polar surface area (TPSA) is 53.4 Å². The number of hydrogen-bond acceptors (Lipinski definition) is 6. The number of thiophene rings is 1. The molecular weight excluding hydrogens is 320 g/mol. The van der Waals surface area contributed by atoms with Crippen LogP contribution in [0.4, 0.5) is 0 Å². The van der Waals surface area contributed by atoms with Crippen molar-refractivity contribution in [2.45, 2.75) is 36.9 Å². The summed E-state index contributed by atoms with van der Waals surface area (Å²) >= 11 is 3.30. The summed E-state index contributed by atoms with van der Waals surface area (Å²) in [7, 11) is 1.82. The van der Waals surface area contributed by atoms with Crippen molar-refractivity contribution in [3.63, 3.8) is 0 Å². The highest BCUT2D eigenvalue weighted by molar-refractivity contribution is 7.99. The summed E-state index contributed by atoms with van der Waals surface area (Å²) in [6.45, 7) is 1.11. The van der Waals surface area contributed by atoms with Gasteiger partial charge >= 0.3 is 0 Å². The van der Waals surface area contributed by atoms with Crippen LogP contribution in [0.2, 0.25) is 0 Å². The lowest BCUT2D eigenvalue weighted by Gasteiger charge is -2.22. The first-order valence-corrected chi connectivity index (χ1v) is 9.37. The molecule has 0 bridgehead atoms. The zero-order valence-electron chi connectivity index (χ0n) is 12.5. The molecule has 0 spiro atoms. The van der Waals surface area contributed by atoms with Crippen molar-refractivity contribution in [3.05, 3.63) is 20.8 Å². The molecule has 0 saturated carbocycles. The van der Waals surface area contributed by atoms with Crippen molar-refractivity contribution in [1.82, 2.24) is 9.55 Å². The Morgan fingerprint density at radius 1 is 1.45 bits per heavy atom. The van der Waals surface area contributed by atoms with E-state index in [2.05, 4.69) is 0 Å². The standard InChI is InChI=1S/C15H18N2O3S2/c1-17-14(18)12-10-3-2-4-11(10)22-13(12)16-15(17)21-7-9-5-6-19-8-20-9/h9H,2-8H2,1H3/t9-/m0/s1. The predicted molar refractivity (Wildman–Crippen MR) is 87.9 cm³/mol. The maximum Gasteiger partial charge on any atom is 0.262 e. The Morgan fingerprint density at radius 2 is 2.36 bits per heavy atom. The molecule has 1 saturated heterocycles. The predicted octanol–water partition coefficient (Wildman–Crippen LogP) is 2.34. The highest BCUT2D eigenvalue weighted by Crippen LogP contribution is 2.35. The highest BCUT2D eigenvalue weighted by Gasteiger charge is 2.23. The van der Waals surface area contributed by atoms with Crippen molar-refractivity contribution in [1.29, 1.82) is 0 Å². The number of aryl methyl sites for hydroxylation is 2. The molecule has 5 nitrogen and oxygen atoms in total. The summed E-state index contributed by atoms with van der Waals surface area (Å²) in [5, 5.41) is 1.64. The summed E-state index contributed by atoms with van der Waals surface area (Å²) in [6.07, 6.45) is 4.36. The fourth-order valence-corrected chi connectivity index (χ4v) is 5.37. The van der Waals surface area contributed by atoms with Gasteiger partial charge in [-0.2, -0.15) is 0 Å². The Labute approximate surface area is 136 Å². The Bertz CT molecular complexity index is 762. The molecule has 1 aliphatic carbocycles. The summed E-state index contributed by atoms with van der Waals surface area (Å²) in [6, 6.07) is 0. The lowest BCUT2D eigenvalue weighted by molar-refractivity contribution is -0.130. The van der Waals surface area contributed by atoms with Crippen molar-refractivity contribution in [3.8, 4) is 0 Å². The van der Waals surface area contributed by atoms with Crippen molar-refractivity contribution >= 4 is 33.3 Å². The van der Waals surface area contributed by atoms with Gasteiger partial charge in [-0.3, -0.25) is 9.36 Å². The molecule has 22 heavy (non-hydrogen) atoms. The first-order valence-electron chi connectivity index (χ1n) is 7.57. The minimum absolute atomic E-state index is 0.0970. The van der Waals surface area contributed by atoms with E-state index in [1.807, 2.05) is 7.05 Å². The van der Waals surface area contributed by atoms with Crippen LogP contribution in [-0.2, 0) is 29.4 Å². The molecule has 1 atom stereocenters. The number of rotatable bonds is 3. The van der Waals surface area contributed by atoms with E-state index in [0.717, 1.165) is 53.4 Å². The second-order valence-electron chi connectivity index (χ2n) is 5.71. The first kappa shape index (κ1) is 14.7. The lowest BCUT2D eigenvalue weighted by atomic mass is 10.2. The van der Waals surface area contributed by atoms with Crippen LogP contribution in [0, 0.1) is 0 Å². The third-order valence-corrected chi connectivity index (χ3v) is 6.62. The van der Waals surface area contributed by atoms with Crippen LogP contribution in [0.15, 0.2) is 9.95 Å². The second-order valence-corrected chi connectivity index (χ2v) is 7.78. The van der Waals surface area contributed by atoms with Crippen molar-refractivity contribution in [2.24, 2.45) is 7.05 Å². The van der Waals surface area contributed by atoms with Gasteiger partial charge in [-0.25, -0.2) is 4.98 Å². The fourth-order valence-electron chi connectivity index (χ4n) is 3.04. The molecule has 0 amide bonds. The zero-order valence-corrected chi connectivity index (χ0v) is 14.1. The van der Waals surface area contributed by atoms with Gasteiger partial charge in [-0.1, -0.05) is 11.8 Å². The van der Waals surface area contributed by atoms with Crippen molar-refractivity contribution < 1.29 is 9.47 Å². The largest absolute Gasteiger partial charge is 0.355 e. The molecule has 0 unspecified atom stereocenters. The number of thioether (sulfide) groups is 1. The Morgan fingerprint density at radius 3 is 3.18 bits per heavy atom. The number of ether oxygens (including phenoxy) is 2. The third kappa shape index (κ3) is 2.50. The van der Waals surface area contributed by atoms with Crippen LogP contribution in [-0.4, -0.2) is 34.8 Å². The van der Waals surface area contributed by atoms with E-state index >= 15 is 0 Å². The monoisotopic (exact) mass is 338 g/mol. The van der Waals surface area contributed by atoms with Gasteiger partial charge in [0.05, 0.1) is 18.1 Å². The van der Waals surface area contributed by atoms with E-state index in [9.17, 15) is 4.79 Å². The molecule has 2 aromatic heterocycles. The van der Waals surface area contributed by atoms with Gasteiger partial charge in [0, 0.05) is 17.7 Å². The van der Waals surface area contributed by atoms with Crippen LogP contribution in [0.5, 0.6) is 0 Å². The summed E-state index contributed by atoms with van der Waals surface area (Å²) in [5.41, 5.74) is 1.34. The lowest BCUT2D eigenvalue weighted by Crippen LogP contribution is -2.26. The van der Waals surface area contributed by atoms with Gasteiger partial charge in [-0.15, -0.1) is 11.3 Å². The maximum atomic E-state index is 12.7. The van der Waals surface area contributed by atoms with E-state index in [1.54, 1.807) is 27.7 Å². The van der Waals surface area contributed by atoms with E-state index in [1.165, 1.54) is 10.4 Å². The van der Waals surface area contributed by atoms with Gasteiger partial charge in [0.25, 0.3) is 5.56 Å². The van der Waals surface area contributed by atoms with E-state index in [-0.39, 0.29) is 11.7 Å². The second kappa shape index (κ2) is 5.96. The minimum Gasteiger partial charge on any atom is -0.355 e. The first-order chi connectivity index (χ1) is 10.7. The minimum atomic E-state index is 0.0970. The van der Waals surface area contributed by atoms with Crippen LogP contribution >= 0.6 is 23.1 Å². The summed E-state index contributed by atoms with van der Waals surface area (Å²) < 4.78 is 12.4. The smallest absolute Gasteiger partial charge is 0.262 e. The normalized spacial score (nSPS) is 21.4. The molecule has 7 heteroatoms. The molecule has 0 aromatic carbocycles. The third-order valence-electron chi connectivity index (χ3n) is 4.27. The summed E-state index contributed by atoms with van der Waals surface area (Å²) in [5.74, 6) is 0.806. The average Bonchev–Trinajstić information content (AvgIpc) is 3.11. The van der Waals surface area contributed by atoms with Gasteiger partial charge in [0.1, 0.15) is 11.6 Å². The van der Waals surface area contributed by atoms with Crippen LogP contribution in [0.3, 0.4) is 0 Å². The molecule has 1 aliphatic heterocycles. The zero-order chi connectivity index (χ0) is 15.1. The number of nitrogens with zero attached hydrogens (tertiary/aromatic N) is 2. The van der Waals surface area contributed by atoms with Gasteiger partial charge in [0.2, 0.25) is 0 Å². The molecule has 0 radical (unpaired) electrons. The Balaban J connectivity index is 1.64. The average molecular weight is 338 g/mol. The molecule has 4 rings (SSSR count). The SMILES string of the molecule is Cn1c(SC[C@@H]2CCOCO2)nc2sc3c(c2c1=O)CCC3. The molecule has 118 valence electrons. The number of fused-ring (bicyclic) bond motifs is 3. The fraction of sp³-hybridized carbons (Fsp3) is 0.600. The van der Waals surface area contributed by atoms with E-state index in [0.29, 0.717) is 6.79 Å². The molecule has 2 aromatic rings. The molecule has 2 aliphatic rings. The molecule has 3 heterocycles. The van der Waals surface area contributed by atoms with E-state index in [4.69, 9.17) is 14.5 Å². The van der Waals surface area contributed by atoms with Gasteiger partial charge in [-0.05, 0) is 31.2 Å².